The lowest BCUT2D eigenvalue weighted by Gasteiger charge is -2.27. The highest BCUT2D eigenvalue weighted by Crippen LogP contribution is 2.54. The van der Waals surface area contributed by atoms with E-state index in [0.717, 1.165) is 33.6 Å². The molecule has 2 heterocycles. The molecule has 0 unspecified atom stereocenters. The van der Waals surface area contributed by atoms with Crippen molar-refractivity contribution < 1.29 is 4.42 Å². The number of hydrogen-bond acceptors (Lipinski definition) is 3. The second-order valence-corrected chi connectivity index (χ2v) is 14.4. The Kier molecular flexibility index (Phi) is 5.82. The van der Waals surface area contributed by atoms with Crippen molar-refractivity contribution in [2.24, 2.45) is 0 Å². The van der Waals surface area contributed by atoms with Crippen molar-refractivity contribution in [3.05, 3.63) is 163 Å². The van der Waals surface area contributed by atoms with Crippen LogP contribution in [-0.4, -0.2) is 0 Å². The summed E-state index contributed by atoms with van der Waals surface area (Å²) < 4.78 is 9.27. The van der Waals surface area contributed by atoms with Crippen LogP contribution in [-0.2, 0) is 5.41 Å². The molecule has 1 aliphatic carbocycles. The van der Waals surface area contributed by atoms with E-state index in [9.17, 15) is 0 Å². The third kappa shape index (κ3) is 3.92. The molecule has 1 aliphatic rings. The molecule has 2 nitrogen and oxygen atoms in total. The smallest absolute Gasteiger partial charge is 0.143 e. The highest BCUT2D eigenvalue weighted by molar-refractivity contribution is 7.26. The number of benzene rings is 7. The Morgan fingerprint density at radius 3 is 2.06 bits per heavy atom. The highest BCUT2D eigenvalue weighted by Gasteiger charge is 2.38. The molecule has 10 rings (SSSR count). The van der Waals surface area contributed by atoms with Crippen molar-refractivity contribution in [2.75, 3.05) is 4.90 Å². The molecule has 48 heavy (non-hydrogen) atoms. The molecule has 0 bridgehead atoms. The predicted octanol–water partition coefficient (Wildman–Crippen LogP) is 13.4. The highest BCUT2D eigenvalue weighted by atomic mass is 32.1. The summed E-state index contributed by atoms with van der Waals surface area (Å²) in [6.07, 6.45) is 0. The van der Waals surface area contributed by atoms with Gasteiger partial charge in [-0.2, -0.15) is 0 Å². The van der Waals surface area contributed by atoms with Crippen LogP contribution in [0.1, 0.15) is 25.0 Å². The van der Waals surface area contributed by atoms with E-state index in [2.05, 4.69) is 164 Å². The fourth-order valence-electron chi connectivity index (χ4n) is 7.93. The second-order valence-electron chi connectivity index (χ2n) is 13.3. The maximum absolute atomic E-state index is 6.61. The molecule has 0 radical (unpaired) electrons. The lowest BCUT2D eigenvalue weighted by molar-refractivity contribution is 0.653. The quantitative estimate of drug-likeness (QED) is 0.192. The van der Waals surface area contributed by atoms with Crippen molar-refractivity contribution in [3.63, 3.8) is 0 Å². The minimum Gasteiger partial charge on any atom is -0.455 e. The molecular formula is C45H31NOS. The molecule has 228 valence electrons. The average molecular weight is 634 g/mol. The molecule has 0 spiro atoms. The summed E-state index contributed by atoms with van der Waals surface area (Å²) in [4.78, 5) is 2.37. The molecule has 0 atom stereocenters. The summed E-state index contributed by atoms with van der Waals surface area (Å²) in [5.74, 6) is 0. The Morgan fingerprint density at radius 1 is 0.521 bits per heavy atom. The van der Waals surface area contributed by atoms with Gasteiger partial charge in [0.05, 0.1) is 0 Å². The third-order valence-electron chi connectivity index (χ3n) is 10.3. The molecule has 3 heteroatoms. The number of hydrogen-bond donors (Lipinski definition) is 0. The Hall–Kier alpha value is -5.64. The number of rotatable bonds is 4. The lowest BCUT2D eigenvalue weighted by Crippen LogP contribution is -2.15. The normalized spacial score (nSPS) is 13.4. The number of fused-ring (bicyclic) bond motifs is 10. The Labute approximate surface area is 283 Å². The summed E-state index contributed by atoms with van der Waals surface area (Å²) in [5.41, 5.74) is 12.7. The zero-order chi connectivity index (χ0) is 32.0. The van der Waals surface area contributed by atoms with Gasteiger partial charge in [-0.1, -0.05) is 117 Å². The van der Waals surface area contributed by atoms with Gasteiger partial charge in [0, 0.05) is 59.0 Å². The van der Waals surface area contributed by atoms with Crippen LogP contribution in [0.2, 0.25) is 0 Å². The van der Waals surface area contributed by atoms with Gasteiger partial charge in [-0.15, -0.1) is 11.3 Å². The van der Waals surface area contributed by atoms with Gasteiger partial charge >= 0.3 is 0 Å². The number of thiophene rings is 1. The fourth-order valence-corrected chi connectivity index (χ4v) is 9.17. The summed E-state index contributed by atoms with van der Waals surface area (Å²) in [7, 11) is 0. The van der Waals surface area contributed by atoms with Gasteiger partial charge in [0.15, 0.2) is 0 Å². The van der Waals surface area contributed by atoms with E-state index in [4.69, 9.17) is 4.42 Å². The van der Waals surface area contributed by atoms with Gasteiger partial charge in [-0.25, -0.2) is 0 Å². The van der Waals surface area contributed by atoms with E-state index in [0.29, 0.717) is 0 Å². The van der Waals surface area contributed by atoms with Gasteiger partial charge in [0.2, 0.25) is 0 Å². The first-order valence-electron chi connectivity index (χ1n) is 16.5. The van der Waals surface area contributed by atoms with Crippen LogP contribution in [0.4, 0.5) is 17.1 Å². The minimum absolute atomic E-state index is 0.136. The van der Waals surface area contributed by atoms with Crippen molar-refractivity contribution in [2.45, 2.75) is 19.3 Å². The van der Waals surface area contributed by atoms with E-state index in [1.807, 2.05) is 17.4 Å². The van der Waals surface area contributed by atoms with Crippen molar-refractivity contribution in [3.8, 4) is 22.3 Å². The topological polar surface area (TPSA) is 16.4 Å². The van der Waals surface area contributed by atoms with Crippen LogP contribution < -0.4 is 4.90 Å². The van der Waals surface area contributed by atoms with E-state index >= 15 is 0 Å². The molecule has 2 aromatic heterocycles. The van der Waals surface area contributed by atoms with Gasteiger partial charge in [-0.05, 0) is 76.3 Å². The maximum Gasteiger partial charge on any atom is 0.143 e. The van der Waals surface area contributed by atoms with Gasteiger partial charge < -0.3 is 9.32 Å². The van der Waals surface area contributed by atoms with Crippen LogP contribution in [0.5, 0.6) is 0 Å². The Balaban J connectivity index is 1.13. The standard InChI is InChI=1S/C45H31NOS/c1-45(2)38-25-23-31(27-37(38)42-39(45)26-24-35-33-13-6-8-17-40(33)47-43(35)42)46(29-11-4-3-5-12-29)30-21-19-28(20-22-30)32-15-10-16-36-34-14-7-9-18-41(34)48-44(32)36/h3-27H,1-2H3. The molecule has 0 fully saturated rings. The van der Waals surface area contributed by atoms with Crippen molar-refractivity contribution in [1.82, 2.24) is 0 Å². The number of para-hydroxylation sites is 2. The molecule has 0 amide bonds. The van der Waals surface area contributed by atoms with E-state index in [1.54, 1.807) is 0 Å². The first kappa shape index (κ1) is 27.5. The maximum atomic E-state index is 6.61. The van der Waals surface area contributed by atoms with Gasteiger partial charge in [0.25, 0.3) is 0 Å². The Bertz CT molecular complexity index is 2700. The average Bonchev–Trinajstić information content (AvgIpc) is 3.77. The first-order chi connectivity index (χ1) is 23.6. The van der Waals surface area contributed by atoms with Crippen molar-refractivity contribution in [1.29, 1.82) is 0 Å². The summed E-state index contributed by atoms with van der Waals surface area (Å²) in [5, 5.41) is 4.98. The summed E-state index contributed by atoms with van der Waals surface area (Å²) in [6, 6.07) is 55.0. The SMILES string of the molecule is CC1(C)c2ccc(N(c3ccccc3)c3ccc(-c4cccc5c4sc4ccccc45)cc3)cc2-c2c1ccc1c2oc2ccccc21. The van der Waals surface area contributed by atoms with E-state index in [1.165, 1.54) is 58.9 Å². The monoisotopic (exact) mass is 633 g/mol. The fraction of sp³-hybridized carbons (Fsp3) is 0.0667. The van der Waals surface area contributed by atoms with Crippen LogP contribution >= 0.6 is 11.3 Å². The van der Waals surface area contributed by atoms with Crippen LogP contribution in [0, 0.1) is 0 Å². The molecule has 0 aliphatic heterocycles. The van der Waals surface area contributed by atoms with Crippen LogP contribution in [0.25, 0.3) is 64.4 Å². The molecule has 7 aromatic carbocycles. The predicted molar refractivity (Wildman–Crippen MR) is 204 cm³/mol. The third-order valence-corrected chi connectivity index (χ3v) is 11.5. The van der Waals surface area contributed by atoms with E-state index < -0.39 is 0 Å². The zero-order valence-corrected chi connectivity index (χ0v) is 27.5. The minimum atomic E-state index is -0.136. The van der Waals surface area contributed by atoms with Crippen molar-refractivity contribution >= 4 is 70.5 Å². The van der Waals surface area contributed by atoms with Crippen LogP contribution in [0.15, 0.2) is 156 Å². The largest absolute Gasteiger partial charge is 0.455 e. The van der Waals surface area contributed by atoms with Gasteiger partial charge in [-0.3, -0.25) is 0 Å². The molecule has 9 aromatic rings. The number of anilines is 3. The lowest BCUT2D eigenvalue weighted by atomic mass is 9.82. The number of nitrogens with zero attached hydrogens (tertiary/aromatic N) is 1. The summed E-state index contributed by atoms with van der Waals surface area (Å²) in [6.45, 7) is 4.66. The summed E-state index contributed by atoms with van der Waals surface area (Å²) >= 11 is 1.88. The molecule has 0 saturated carbocycles. The van der Waals surface area contributed by atoms with E-state index in [-0.39, 0.29) is 5.41 Å². The zero-order valence-electron chi connectivity index (χ0n) is 26.7. The molecule has 0 N–H and O–H groups in total. The second kappa shape index (κ2) is 10.2. The van der Waals surface area contributed by atoms with Gasteiger partial charge in [0.1, 0.15) is 11.2 Å². The molecule has 0 saturated heterocycles. The van der Waals surface area contributed by atoms with Crippen LogP contribution in [0.3, 0.4) is 0 Å². The Morgan fingerprint density at radius 2 is 1.21 bits per heavy atom. The first-order valence-corrected chi connectivity index (χ1v) is 17.3. The number of furan rings is 1. The molecular weight excluding hydrogens is 603 g/mol.